The van der Waals surface area contributed by atoms with Crippen molar-refractivity contribution in [1.29, 1.82) is 0 Å². The van der Waals surface area contributed by atoms with Crippen molar-refractivity contribution in [3.8, 4) is 0 Å². The highest BCUT2D eigenvalue weighted by atomic mass is 16.6. The van der Waals surface area contributed by atoms with Gasteiger partial charge in [0.05, 0.1) is 17.6 Å². The average molecular weight is 252 g/mol. The van der Waals surface area contributed by atoms with Crippen LogP contribution in [0.5, 0.6) is 0 Å². The molecule has 1 saturated heterocycles. The third-order valence-electron chi connectivity index (χ3n) is 3.02. The van der Waals surface area contributed by atoms with Gasteiger partial charge in [-0.2, -0.15) is 0 Å². The topological polar surface area (TPSA) is 84.6 Å². The average Bonchev–Trinajstić information content (AvgIpc) is 2.89. The molecule has 0 saturated carbocycles. The maximum absolute atomic E-state index is 10.5. The van der Waals surface area contributed by atoms with Crippen LogP contribution in [-0.2, 0) is 4.74 Å². The number of aliphatic hydroxyl groups excluding tert-OH is 1. The summed E-state index contributed by atoms with van der Waals surface area (Å²) in [5.74, 6) is 0. The van der Waals surface area contributed by atoms with Crippen LogP contribution < -0.4 is 5.32 Å². The first-order chi connectivity index (χ1) is 8.66. The molecule has 0 spiro atoms. The zero-order valence-corrected chi connectivity index (χ0v) is 9.91. The van der Waals surface area contributed by atoms with Gasteiger partial charge in [0.15, 0.2) is 0 Å². The third kappa shape index (κ3) is 3.25. The molecule has 0 aliphatic carbocycles. The molecule has 1 fully saturated rings. The predicted octanol–water partition coefficient (Wildman–Crippen LogP) is 1.01. The molecule has 1 aliphatic rings. The number of nitro benzene ring substituents is 1. The lowest BCUT2D eigenvalue weighted by Crippen LogP contribution is -2.32. The number of nitrogens with one attached hydrogen (secondary N) is 1. The quantitative estimate of drug-likeness (QED) is 0.603. The van der Waals surface area contributed by atoms with E-state index in [4.69, 9.17) is 4.74 Å². The van der Waals surface area contributed by atoms with E-state index < -0.39 is 11.0 Å². The number of non-ortho nitro benzene ring substituents is 1. The Morgan fingerprint density at radius 1 is 1.50 bits per heavy atom. The molecule has 0 bridgehead atoms. The Kier molecular flexibility index (Phi) is 4.24. The van der Waals surface area contributed by atoms with Crippen molar-refractivity contribution in [2.75, 3.05) is 19.8 Å². The van der Waals surface area contributed by atoms with Crippen LogP contribution in [0.2, 0.25) is 0 Å². The summed E-state index contributed by atoms with van der Waals surface area (Å²) >= 11 is 0. The van der Waals surface area contributed by atoms with Crippen LogP contribution in [0, 0.1) is 10.1 Å². The van der Waals surface area contributed by atoms with Crippen LogP contribution >= 0.6 is 0 Å². The molecule has 6 nitrogen and oxygen atoms in total. The molecule has 2 N–H and O–H groups in total. The van der Waals surface area contributed by atoms with Crippen molar-refractivity contribution in [2.45, 2.75) is 18.6 Å². The number of aliphatic hydroxyl groups is 1. The number of hydrogen-bond acceptors (Lipinski definition) is 5. The molecule has 1 aliphatic heterocycles. The molecule has 2 atom stereocenters. The number of rotatable bonds is 5. The highest BCUT2D eigenvalue weighted by Crippen LogP contribution is 2.17. The van der Waals surface area contributed by atoms with Crippen LogP contribution in [0.25, 0.3) is 0 Å². The molecule has 1 aromatic rings. The van der Waals surface area contributed by atoms with E-state index >= 15 is 0 Å². The first-order valence-corrected chi connectivity index (χ1v) is 5.90. The first kappa shape index (κ1) is 12.9. The zero-order valence-electron chi connectivity index (χ0n) is 9.91. The molecule has 0 aromatic heterocycles. The van der Waals surface area contributed by atoms with Crippen molar-refractivity contribution >= 4 is 5.69 Å². The lowest BCUT2D eigenvalue weighted by atomic mass is 10.1. The Labute approximate surface area is 105 Å². The Morgan fingerprint density at radius 3 is 2.78 bits per heavy atom. The van der Waals surface area contributed by atoms with Gasteiger partial charge in [-0.15, -0.1) is 0 Å². The second kappa shape index (κ2) is 5.90. The molecule has 1 heterocycles. The van der Waals surface area contributed by atoms with E-state index in [-0.39, 0.29) is 11.7 Å². The summed E-state index contributed by atoms with van der Waals surface area (Å²) in [5.41, 5.74) is 0.704. The minimum absolute atomic E-state index is 0.0307. The van der Waals surface area contributed by atoms with E-state index in [0.717, 1.165) is 13.0 Å². The number of hydrogen-bond donors (Lipinski definition) is 2. The van der Waals surface area contributed by atoms with Crippen molar-refractivity contribution in [2.24, 2.45) is 0 Å². The van der Waals surface area contributed by atoms with Crippen molar-refractivity contribution < 1.29 is 14.8 Å². The fraction of sp³-hybridized carbons (Fsp3) is 0.500. The van der Waals surface area contributed by atoms with Crippen molar-refractivity contribution in [1.82, 2.24) is 5.32 Å². The lowest BCUT2D eigenvalue weighted by Gasteiger charge is -2.15. The highest BCUT2D eigenvalue weighted by Gasteiger charge is 2.17. The van der Waals surface area contributed by atoms with Gasteiger partial charge in [-0.25, -0.2) is 0 Å². The smallest absolute Gasteiger partial charge is 0.269 e. The summed E-state index contributed by atoms with van der Waals surface area (Å²) in [6, 6.07) is 6.25. The summed E-state index contributed by atoms with van der Waals surface area (Å²) < 4.78 is 5.22. The van der Waals surface area contributed by atoms with E-state index in [1.54, 1.807) is 12.1 Å². The number of nitrogens with zero attached hydrogens (tertiary/aromatic N) is 1. The third-order valence-corrected chi connectivity index (χ3v) is 3.02. The minimum Gasteiger partial charge on any atom is -0.387 e. The Balaban J connectivity index is 1.87. The van der Waals surface area contributed by atoms with Gasteiger partial charge in [-0.1, -0.05) is 0 Å². The van der Waals surface area contributed by atoms with Gasteiger partial charge < -0.3 is 15.2 Å². The number of nitro groups is 1. The van der Waals surface area contributed by atoms with Gasteiger partial charge in [-0.05, 0) is 24.1 Å². The van der Waals surface area contributed by atoms with Crippen molar-refractivity contribution in [3.63, 3.8) is 0 Å². The Bertz CT molecular complexity index is 401. The minimum atomic E-state index is -0.661. The molecule has 18 heavy (non-hydrogen) atoms. The molecule has 2 rings (SSSR count). The van der Waals surface area contributed by atoms with Crippen LogP contribution in [0.1, 0.15) is 18.1 Å². The zero-order chi connectivity index (χ0) is 13.0. The monoisotopic (exact) mass is 252 g/mol. The van der Waals surface area contributed by atoms with Crippen LogP contribution in [0.4, 0.5) is 5.69 Å². The van der Waals surface area contributed by atoms with E-state index in [1.165, 1.54) is 12.1 Å². The highest BCUT2D eigenvalue weighted by molar-refractivity contribution is 5.33. The maximum Gasteiger partial charge on any atom is 0.269 e. The van der Waals surface area contributed by atoms with Gasteiger partial charge >= 0.3 is 0 Å². The molecular formula is C12H16N2O4. The summed E-state index contributed by atoms with van der Waals surface area (Å²) in [6.45, 7) is 1.85. The normalized spacial score (nSPS) is 20.8. The van der Waals surface area contributed by atoms with E-state index in [2.05, 4.69) is 5.32 Å². The maximum atomic E-state index is 10.5. The van der Waals surface area contributed by atoms with Crippen molar-refractivity contribution in [3.05, 3.63) is 39.9 Å². The van der Waals surface area contributed by atoms with Crippen LogP contribution in [0.15, 0.2) is 24.3 Å². The molecule has 0 amide bonds. The lowest BCUT2D eigenvalue weighted by molar-refractivity contribution is -0.384. The van der Waals surface area contributed by atoms with Crippen LogP contribution in [0.3, 0.4) is 0 Å². The van der Waals surface area contributed by atoms with E-state index in [9.17, 15) is 15.2 Å². The van der Waals surface area contributed by atoms with Gasteiger partial charge in [-0.3, -0.25) is 10.1 Å². The van der Waals surface area contributed by atoms with Gasteiger partial charge in [0, 0.05) is 31.3 Å². The predicted molar refractivity (Wildman–Crippen MR) is 65.3 cm³/mol. The second-order valence-electron chi connectivity index (χ2n) is 4.33. The molecule has 6 heteroatoms. The summed E-state index contributed by atoms with van der Waals surface area (Å²) in [6.07, 6.45) is 0.291. The molecule has 98 valence electrons. The van der Waals surface area contributed by atoms with Crippen LogP contribution in [-0.4, -0.2) is 35.8 Å². The number of benzene rings is 1. The van der Waals surface area contributed by atoms with Gasteiger partial charge in [0.25, 0.3) is 5.69 Å². The van der Waals surface area contributed by atoms with Gasteiger partial charge in [0.2, 0.25) is 0 Å². The van der Waals surface area contributed by atoms with E-state index in [1.807, 2.05) is 0 Å². The number of ether oxygens (including phenoxy) is 1. The summed E-state index contributed by atoms with van der Waals surface area (Å²) in [5, 5.41) is 23.6. The fourth-order valence-corrected chi connectivity index (χ4v) is 1.91. The first-order valence-electron chi connectivity index (χ1n) is 5.90. The molecule has 0 radical (unpaired) electrons. The Hall–Kier alpha value is -1.50. The summed E-state index contributed by atoms with van der Waals surface area (Å²) in [7, 11) is 0. The second-order valence-corrected chi connectivity index (χ2v) is 4.33. The molecular weight excluding hydrogens is 236 g/mol. The standard InChI is InChI=1S/C12H16N2O4/c15-12(7-13-10-5-6-18-8-10)9-1-3-11(4-2-9)14(16)17/h1-4,10,12-13,15H,5-8H2. The summed E-state index contributed by atoms with van der Waals surface area (Å²) in [4.78, 5) is 10.0. The molecule has 1 aromatic carbocycles. The molecule has 2 unspecified atom stereocenters. The largest absolute Gasteiger partial charge is 0.387 e. The Morgan fingerprint density at radius 2 is 2.22 bits per heavy atom. The fourth-order valence-electron chi connectivity index (χ4n) is 1.91. The van der Waals surface area contributed by atoms with E-state index in [0.29, 0.717) is 18.7 Å². The SMILES string of the molecule is O=[N+]([O-])c1ccc(C(O)CNC2CCOC2)cc1. The van der Waals surface area contributed by atoms with Gasteiger partial charge in [0.1, 0.15) is 0 Å².